The maximum absolute atomic E-state index is 13.7. The van der Waals surface area contributed by atoms with Crippen LogP contribution in [-0.2, 0) is 11.2 Å². The second-order valence-corrected chi connectivity index (χ2v) is 9.62. The number of fused-ring (bicyclic) bond motifs is 4. The van der Waals surface area contributed by atoms with Gasteiger partial charge < -0.3 is 28.8 Å². The molecule has 0 radical (unpaired) electrons. The number of carbonyl (C=O) groups excluding carboxylic acids is 2. The van der Waals surface area contributed by atoms with E-state index >= 15 is 0 Å². The number of methoxy groups -OCH3 is 2. The summed E-state index contributed by atoms with van der Waals surface area (Å²) in [4.78, 5) is 32.8. The van der Waals surface area contributed by atoms with Crippen LogP contribution >= 0.6 is 0 Å². The number of pyridine rings is 1. The summed E-state index contributed by atoms with van der Waals surface area (Å²) in [6.45, 7) is 2.78. The molecule has 9 heteroatoms. The number of aryl methyl sites for hydroxylation is 1. The number of hydrogen-bond acceptors (Lipinski definition) is 6. The molecule has 40 heavy (non-hydrogen) atoms. The average molecular weight is 537 g/mol. The number of amides is 2. The fourth-order valence-corrected chi connectivity index (χ4v) is 5.25. The van der Waals surface area contributed by atoms with Gasteiger partial charge in [-0.3, -0.25) is 9.59 Å². The van der Waals surface area contributed by atoms with Gasteiger partial charge in [0.25, 0.3) is 11.8 Å². The van der Waals surface area contributed by atoms with Crippen LogP contribution in [0.1, 0.15) is 32.0 Å². The van der Waals surface area contributed by atoms with Crippen LogP contribution < -0.4 is 19.7 Å². The van der Waals surface area contributed by atoms with Crippen molar-refractivity contribution in [3.8, 4) is 11.5 Å². The molecule has 5 aromatic rings. The number of hydrogen-bond donors (Lipinski definition) is 1. The summed E-state index contributed by atoms with van der Waals surface area (Å²) in [6, 6.07) is 18.4. The lowest BCUT2D eigenvalue weighted by Crippen LogP contribution is -2.29. The third-order valence-electron chi connectivity index (χ3n) is 7.15. The lowest BCUT2D eigenvalue weighted by molar-refractivity contribution is 0.0511. The smallest absolute Gasteiger partial charge is 0.278 e. The van der Waals surface area contributed by atoms with Crippen molar-refractivity contribution in [2.24, 2.45) is 0 Å². The van der Waals surface area contributed by atoms with Gasteiger partial charge in [0.15, 0.2) is 6.79 Å². The van der Waals surface area contributed by atoms with Crippen molar-refractivity contribution in [1.82, 2.24) is 9.38 Å². The minimum absolute atomic E-state index is 0.135. The molecular weight excluding hydrogens is 508 g/mol. The van der Waals surface area contributed by atoms with Crippen LogP contribution in [0.4, 0.5) is 11.4 Å². The van der Waals surface area contributed by atoms with E-state index < -0.39 is 0 Å². The Bertz CT molecular complexity index is 1760. The van der Waals surface area contributed by atoms with Gasteiger partial charge in [0.05, 0.1) is 18.5 Å². The second-order valence-electron chi connectivity index (χ2n) is 9.62. The number of carbonyl (C=O) groups is 2. The summed E-state index contributed by atoms with van der Waals surface area (Å²) < 4.78 is 17.7. The molecule has 0 saturated carbocycles. The molecule has 1 aliphatic heterocycles. The Morgan fingerprint density at radius 1 is 1.02 bits per heavy atom. The number of benzene rings is 3. The first-order valence-electron chi connectivity index (χ1n) is 12.9. The van der Waals surface area contributed by atoms with E-state index in [1.807, 2.05) is 12.1 Å². The molecule has 1 N–H and O–H groups in total. The Labute approximate surface area is 230 Å². The number of rotatable bonds is 7. The zero-order chi connectivity index (χ0) is 27.8. The van der Waals surface area contributed by atoms with Crippen LogP contribution in [-0.4, -0.2) is 48.8 Å². The van der Waals surface area contributed by atoms with Crippen LogP contribution in [0.5, 0.6) is 11.5 Å². The van der Waals surface area contributed by atoms with Crippen LogP contribution in [0.2, 0.25) is 0 Å². The van der Waals surface area contributed by atoms with Gasteiger partial charge in [-0.2, -0.15) is 0 Å². The first-order chi connectivity index (χ1) is 19.5. The minimum atomic E-state index is -0.265. The van der Waals surface area contributed by atoms with E-state index in [0.717, 1.165) is 39.8 Å². The normalized spacial score (nSPS) is 12.5. The number of imidazole rings is 1. The lowest BCUT2D eigenvalue weighted by Gasteiger charge is -2.18. The van der Waals surface area contributed by atoms with Crippen LogP contribution in [0.15, 0.2) is 73.1 Å². The molecule has 0 atom stereocenters. The van der Waals surface area contributed by atoms with Gasteiger partial charge in [0, 0.05) is 43.1 Å². The van der Waals surface area contributed by atoms with E-state index in [1.54, 1.807) is 72.3 Å². The fraction of sp³-hybridized carbons (Fsp3) is 0.194. The molecule has 3 aromatic carbocycles. The summed E-state index contributed by atoms with van der Waals surface area (Å²) in [5.74, 6) is 0.903. The van der Waals surface area contributed by atoms with E-state index in [2.05, 4.69) is 29.4 Å². The van der Waals surface area contributed by atoms with Crippen molar-refractivity contribution in [3.05, 3.63) is 95.4 Å². The second kappa shape index (κ2) is 10.3. The molecule has 0 aliphatic carbocycles. The molecule has 6 rings (SSSR count). The van der Waals surface area contributed by atoms with Crippen LogP contribution in [0.3, 0.4) is 0 Å². The number of ether oxygens (including phenoxy) is 3. The largest absolute Gasteiger partial charge is 0.496 e. The minimum Gasteiger partial charge on any atom is -0.496 e. The lowest BCUT2D eigenvalue weighted by atomic mass is 9.97. The van der Waals surface area contributed by atoms with E-state index in [9.17, 15) is 9.59 Å². The third-order valence-corrected chi connectivity index (χ3v) is 7.15. The maximum Gasteiger partial charge on any atom is 0.278 e. The van der Waals surface area contributed by atoms with E-state index in [0.29, 0.717) is 34.9 Å². The summed E-state index contributed by atoms with van der Waals surface area (Å²) in [5, 5.41) is 5.08. The summed E-state index contributed by atoms with van der Waals surface area (Å²) in [5.41, 5.74) is 5.14. The summed E-state index contributed by atoms with van der Waals surface area (Å²) >= 11 is 0. The molecule has 202 valence electrons. The first-order valence-corrected chi connectivity index (χ1v) is 12.9. The fourth-order valence-electron chi connectivity index (χ4n) is 5.25. The summed E-state index contributed by atoms with van der Waals surface area (Å²) in [7, 11) is 3.19. The zero-order valence-corrected chi connectivity index (χ0v) is 22.4. The van der Waals surface area contributed by atoms with Crippen molar-refractivity contribution < 1.29 is 23.8 Å². The number of aromatic nitrogens is 2. The topological polar surface area (TPSA) is 94.4 Å². The summed E-state index contributed by atoms with van der Waals surface area (Å²) in [6.07, 6.45) is 4.19. The van der Waals surface area contributed by atoms with Crippen molar-refractivity contribution in [1.29, 1.82) is 0 Å². The third kappa shape index (κ3) is 4.50. The molecule has 0 spiro atoms. The maximum atomic E-state index is 13.7. The van der Waals surface area contributed by atoms with Gasteiger partial charge >= 0.3 is 0 Å². The average Bonchev–Trinajstić information content (AvgIpc) is 3.59. The Morgan fingerprint density at radius 2 is 1.85 bits per heavy atom. The molecule has 0 unspecified atom stereocenters. The highest BCUT2D eigenvalue weighted by atomic mass is 16.7. The SMILES string of the molecule is COCOc1ccc(C(=O)Nc2ccc3nc(C(=O)N4CCc5c4cc(OC)c4cccc(C)c54)cn3c2)cc1. The van der Waals surface area contributed by atoms with Crippen LogP contribution in [0.25, 0.3) is 16.4 Å². The highest BCUT2D eigenvalue weighted by Gasteiger charge is 2.30. The Balaban J connectivity index is 1.24. The number of anilines is 2. The molecule has 0 saturated heterocycles. The highest BCUT2D eigenvalue weighted by Crippen LogP contribution is 2.41. The first kappa shape index (κ1) is 25.4. The van der Waals surface area contributed by atoms with Gasteiger partial charge in [-0.15, -0.1) is 0 Å². The van der Waals surface area contributed by atoms with Crippen molar-refractivity contribution in [3.63, 3.8) is 0 Å². The zero-order valence-electron chi connectivity index (χ0n) is 22.4. The Morgan fingerprint density at radius 3 is 2.62 bits per heavy atom. The monoisotopic (exact) mass is 536 g/mol. The molecule has 3 heterocycles. The standard InChI is InChI=1S/C31H28N4O5/c1-19-5-4-6-24-27(39-3)15-26-23(29(19)24)13-14-35(26)31(37)25-17-34-16-21(9-12-28(34)33-25)32-30(36)20-7-10-22(11-8-20)40-18-38-2/h4-12,15-17H,13-14,18H2,1-3H3,(H,32,36). The Kier molecular flexibility index (Phi) is 6.57. The highest BCUT2D eigenvalue weighted by molar-refractivity contribution is 6.10. The van der Waals surface area contributed by atoms with E-state index in [4.69, 9.17) is 14.2 Å². The molecule has 1 aliphatic rings. The predicted octanol–water partition coefficient (Wildman–Crippen LogP) is 5.24. The van der Waals surface area contributed by atoms with Crippen LogP contribution in [0, 0.1) is 6.92 Å². The molecule has 0 bridgehead atoms. The Hall–Kier alpha value is -4.89. The molecule has 2 amide bonds. The van der Waals surface area contributed by atoms with Crippen molar-refractivity contribution in [2.45, 2.75) is 13.3 Å². The number of nitrogens with one attached hydrogen (secondary N) is 1. The van der Waals surface area contributed by atoms with Crippen molar-refractivity contribution >= 4 is 39.6 Å². The molecule has 9 nitrogen and oxygen atoms in total. The molecular formula is C31H28N4O5. The molecule has 0 fully saturated rings. The quantitative estimate of drug-likeness (QED) is 0.286. The van der Waals surface area contributed by atoms with Crippen molar-refractivity contribution in [2.75, 3.05) is 37.8 Å². The van der Waals surface area contributed by atoms with Gasteiger partial charge in [-0.25, -0.2) is 4.98 Å². The predicted molar refractivity (Wildman–Crippen MR) is 153 cm³/mol. The van der Waals surface area contributed by atoms with Gasteiger partial charge in [0.1, 0.15) is 22.8 Å². The van der Waals surface area contributed by atoms with Gasteiger partial charge in [-0.05, 0) is 66.3 Å². The van der Waals surface area contributed by atoms with E-state index in [-0.39, 0.29) is 18.6 Å². The molecule has 2 aromatic heterocycles. The van der Waals surface area contributed by atoms with Gasteiger partial charge in [-0.1, -0.05) is 18.2 Å². The number of nitrogens with zero attached hydrogens (tertiary/aromatic N) is 3. The van der Waals surface area contributed by atoms with E-state index in [1.165, 1.54) is 0 Å². The van der Waals surface area contributed by atoms with Gasteiger partial charge in [0.2, 0.25) is 0 Å².